The molecule has 0 aliphatic carbocycles. The molecule has 0 saturated carbocycles. The number of rotatable bonds is 9. The van der Waals surface area contributed by atoms with Crippen LogP contribution in [0.25, 0.3) is 10.9 Å². The Bertz CT molecular complexity index is 1910. The number of nitrogens with one attached hydrogen (secondary N) is 2. The van der Waals surface area contributed by atoms with Crippen LogP contribution in [0.15, 0.2) is 73.1 Å². The van der Waals surface area contributed by atoms with E-state index in [-0.39, 0.29) is 17.6 Å². The fourth-order valence-corrected chi connectivity index (χ4v) is 6.71. The molecule has 1 saturated heterocycles. The Morgan fingerprint density at radius 2 is 1.71 bits per heavy atom. The van der Waals surface area contributed by atoms with Crippen LogP contribution < -0.4 is 10.6 Å². The van der Waals surface area contributed by atoms with Crippen LogP contribution in [0.3, 0.4) is 0 Å². The van der Waals surface area contributed by atoms with Crippen molar-refractivity contribution in [2.75, 3.05) is 37.8 Å². The van der Waals surface area contributed by atoms with Crippen molar-refractivity contribution in [3.63, 3.8) is 0 Å². The number of anilines is 3. The highest BCUT2D eigenvalue weighted by Crippen LogP contribution is 2.37. The normalized spacial score (nSPS) is 15.1. The minimum atomic E-state index is -0.341. The van der Waals surface area contributed by atoms with Crippen molar-refractivity contribution in [2.45, 2.75) is 57.8 Å². The maximum atomic E-state index is 10.1. The Hall–Kier alpha value is -4.20. The molecule has 0 spiro atoms. The summed E-state index contributed by atoms with van der Waals surface area (Å²) in [7, 11) is 4.08. The van der Waals surface area contributed by atoms with Gasteiger partial charge in [-0.05, 0) is 95.2 Å². The number of nitriles is 1. The lowest BCUT2D eigenvalue weighted by Gasteiger charge is -2.40. The molecule has 0 amide bonds. The molecule has 0 bridgehead atoms. The molecule has 9 nitrogen and oxygen atoms in total. The van der Waals surface area contributed by atoms with Crippen molar-refractivity contribution in [3.05, 3.63) is 105 Å². The summed E-state index contributed by atoms with van der Waals surface area (Å²) in [4.78, 5) is 9.20. The maximum Gasteiger partial charge on any atom is 0.109 e. The van der Waals surface area contributed by atoms with Crippen molar-refractivity contribution in [2.24, 2.45) is 0 Å². The third-order valence-corrected chi connectivity index (χ3v) is 9.43. The Morgan fingerprint density at radius 1 is 1.00 bits per heavy atom. The molecule has 2 N–H and O–H groups in total. The molecule has 1 aliphatic rings. The standard InChI is InChI=1S/C37H41Cl2N9/c1-37(2,3)47-16-14-30(15-17-47)48-23-33(44-45-48)35(25-8-10-27(38)11-9-25)43-29-18-31-34(26(20-40)21-41-36(31)32(39)19-29)42-28-12-6-24(7-13-28)22-46(4)5/h6-13,18-19,21,23,30,35,43H,14-17,22H2,1-5H3,(H,41,42)/t35-/m0/s1. The first-order chi connectivity index (χ1) is 23.0. The number of aromatic nitrogens is 4. The Kier molecular flexibility index (Phi) is 9.90. The lowest BCUT2D eigenvalue weighted by Crippen LogP contribution is -2.46. The smallest absolute Gasteiger partial charge is 0.109 e. The van der Waals surface area contributed by atoms with Crippen LogP contribution in [0.1, 0.15) is 68.1 Å². The second kappa shape index (κ2) is 14.1. The topological polar surface area (TPSA) is 97.9 Å². The van der Waals surface area contributed by atoms with E-state index in [0.717, 1.165) is 60.5 Å². The van der Waals surface area contributed by atoms with Gasteiger partial charge in [0.1, 0.15) is 11.8 Å². The van der Waals surface area contributed by atoms with Gasteiger partial charge in [-0.2, -0.15) is 5.26 Å². The number of fused-ring (bicyclic) bond motifs is 1. The van der Waals surface area contributed by atoms with Gasteiger partial charge in [-0.1, -0.05) is 52.7 Å². The van der Waals surface area contributed by atoms with Crippen LogP contribution in [-0.2, 0) is 6.54 Å². The Morgan fingerprint density at radius 3 is 2.35 bits per heavy atom. The zero-order valence-corrected chi connectivity index (χ0v) is 29.5. The molecule has 3 aromatic carbocycles. The van der Waals surface area contributed by atoms with Crippen LogP contribution in [0.2, 0.25) is 10.0 Å². The van der Waals surface area contributed by atoms with Gasteiger partial charge in [-0.3, -0.25) is 9.88 Å². The highest BCUT2D eigenvalue weighted by Gasteiger charge is 2.29. The fraction of sp³-hybridized carbons (Fsp3) is 0.351. The van der Waals surface area contributed by atoms with Gasteiger partial charge >= 0.3 is 0 Å². The molecule has 2 aromatic heterocycles. The largest absolute Gasteiger partial charge is 0.373 e. The summed E-state index contributed by atoms with van der Waals surface area (Å²) in [6.07, 6.45) is 5.64. The number of halogens is 2. The molecule has 48 heavy (non-hydrogen) atoms. The van der Waals surface area contributed by atoms with E-state index in [0.29, 0.717) is 26.8 Å². The maximum absolute atomic E-state index is 10.1. The summed E-state index contributed by atoms with van der Waals surface area (Å²) in [6.45, 7) is 9.68. The van der Waals surface area contributed by atoms with E-state index in [1.165, 1.54) is 5.56 Å². The third kappa shape index (κ3) is 7.58. The van der Waals surface area contributed by atoms with E-state index >= 15 is 0 Å². The summed E-state index contributed by atoms with van der Waals surface area (Å²) in [6, 6.07) is 22.0. The highest BCUT2D eigenvalue weighted by molar-refractivity contribution is 6.36. The Labute approximate surface area is 292 Å². The molecular weight excluding hydrogens is 641 g/mol. The summed E-state index contributed by atoms with van der Waals surface area (Å²) in [5.74, 6) is 0. The van der Waals surface area contributed by atoms with Gasteiger partial charge in [0.25, 0.3) is 0 Å². The van der Waals surface area contributed by atoms with Crippen molar-refractivity contribution in [1.82, 2.24) is 29.8 Å². The number of pyridine rings is 1. The highest BCUT2D eigenvalue weighted by atomic mass is 35.5. The Balaban J connectivity index is 1.33. The van der Waals surface area contributed by atoms with Gasteiger partial charge in [0.15, 0.2) is 0 Å². The second-order valence-electron chi connectivity index (χ2n) is 13.7. The molecular formula is C37H41Cl2N9. The molecule has 5 aromatic rings. The van der Waals surface area contributed by atoms with Crippen molar-refractivity contribution in [1.29, 1.82) is 5.26 Å². The minimum Gasteiger partial charge on any atom is -0.373 e. The molecule has 0 unspecified atom stereocenters. The first kappa shape index (κ1) is 33.7. The zero-order chi connectivity index (χ0) is 34.0. The predicted molar refractivity (Wildman–Crippen MR) is 195 cm³/mol. The van der Waals surface area contributed by atoms with Crippen LogP contribution in [0.5, 0.6) is 0 Å². The van der Waals surface area contributed by atoms with Gasteiger partial charge in [0.05, 0.1) is 40.1 Å². The fourth-order valence-electron chi connectivity index (χ4n) is 6.32. The molecule has 1 fully saturated rings. The second-order valence-corrected chi connectivity index (χ2v) is 14.6. The number of piperidine rings is 1. The van der Waals surface area contributed by atoms with E-state index in [1.54, 1.807) is 6.20 Å². The van der Waals surface area contributed by atoms with Crippen molar-refractivity contribution >= 4 is 51.2 Å². The van der Waals surface area contributed by atoms with E-state index in [1.807, 2.05) is 67.3 Å². The predicted octanol–water partition coefficient (Wildman–Crippen LogP) is 8.45. The molecule has 1 atom stereocenters. The van der Waals surface area contributed by atoms with Crippen LogP contribution in [0, 0.1) is 11.3 Å². The van der Waals surface area contributed by atoms with Gasteiger partial charge in [-0.25, -0.2) is 4.68 Å². The minimum absolute atomic E-state index is 0.151. The quantitative estimate of drug-likeness (QED) is 0.160. The van der Waals surface area contributed by atoms with Gasteiger partial charge in [-0.15, -0.1) is 5.10 Å². The first-order valence-electron chi connectivity index (χ1n) is 16.2. The summed E-state index contributed by atoms with van der Waals surface area (Å²) in [5.41, 5.74) is 6.38. The molecule has 1 aliphatic heterocycles. The summed E-state index contributed by atoms with van der Waals surface area (Å²) >= 11 is 13.2. The van der Waals surface area contributed by atoms with Gasteiger partial charge in [0, 0.05) is 53.2 Å². The summed E-state index contributed by atoms with van der Waals surface area (Å²) < 4.78 is 2.02. The zero-order valence-electron chi connectivity index (χ0n) is 28.0. The molecule has 11 heteroatoms. The number of likely N-dealkylation sites (tertiary alicyclic amines) is 1. The van der Waals surface area contributed by atoms with E-state index in [4.69, 9.17) is 23.2 Å². The average molecular weight is 683 g/mol. The van der Waals surface area contributed by atoms with Gasteiger partial charge in [0.2, 0.25) is 0 Å². The molecule has 248 valence electrons. The van der Waals surface area contributed by atoms with E-state index < -0.39 is 0 Å². The van der Waals surface area contributed by atoms with E-state index in [9.17, 15) is 5.26 Å². The lowest BCUT2D eigenvalue weighted by atomic mass is 9.98. The molecule has 0 radical (unpaired) electrons. The van der Waals surface area contributed by atoms with Crippen LogP contribution in [-0.4, -0.2) is 62.5 Å². The number of benzene rings is 3. The number of nitrogens with zero attached hydrogens (tertiary/aromatic N) is 7. The monoisotopic (exact) mass is 681 g/mol. The van der Waals surface area contributed by atoms with Gasteiger partial charge < -0.3 is 15.5 Å². The first-order valence-corrected chi connectivity index (χ1v) is 17.0. The SMILES string of the molecule is CN(C)Cc1ccc(Nc2c(C#N)cnc3c(Cl)cc(N[C@@H](c4ccc(Cl)cc4)c4cn(C5CCN(C(C)(C)C)CC5)nn4)cc23)cc1. The lowest BCUT2D eigenvalue weighted by molar-refractivity contribution is 0.0866. The third-order valence-electron chi connectivity index (χ3n) is 8.89. The molecule has 6 rings (SSSR count). The average Bonchev–Trinajstić information content (AvgIpc) is 3.55. The van der Waals surface area contributed by atoms with Crippen molar-refractivity contribution < 1.29 is 0 Å². The number of hydrogen-bond donors (Lipinski definition) is 2. The van der Waals surface area contributed by atoms with Crippen LogP contribution in [0.4, 0.5) is 17.1 Å². The van der Waals surface area contributed by atoms with Crippen LogP contribution >= 0.6 is 23.2 Å². The molecule has 3 heterocycles. The number of hydrogen-bond acceptors (Lipinski definition) is 8. The van der Waals surface area contributed by atoms with Crippen molar-refractivity contribution in [3.8, 4) is 6.07 Å². The summed E-state index contributed by atoms with van der Waals surface area (Å²) in [5, 5.41) is 28.3. The van der Waals surface area contributed by atoms with E-state index in [2.05, 4.69) is 80.9 Å².